The molecule has 6 heteroatoms. The monoisotopic (exact) mass is 199 g/mol. The van der Waals surface area contributed by atoms with Crippen LogP contribution in [0, 0.1) is 0 Å². The number of hydrazone groups is 1. The van der Waals surface area contributed by atoms with Crippen molar-refractivity contribution in [3.05, 3.63) is 17.5 Å². The first-order valence-electron chi connectivity index (χ1n) is 3.61. The first-order chi connectivity index (χ1) is 6.18. The minimum atomic E-state index is 0.338. The molecular formula is C7H10ClN5. The summed E-state index contributed by atoms with van der Waals surface area (Å²) in [4.78, 5) is 9.56. The quantitative estimate of drug-likeness (QED) is 0.449. The summed E-state index contributed by atoms with van der Waals surface area (Å²) in [6.45, 7) is 0. The molecular weight excluding hydrogens is 190 g/mol. The Morgan fingerprint density at radius 2 is 2.31 bits per heavy atom. The van der Waals surface area contributed by atoms with Crippen LogP contribution in [-0.4, -0.2) is 35.3 Å². The fourth-order valence-corrected chi connectivity index (χ4v) is 0.754. The molecule has 0 aromatic carbocycles. The summed E-state index contributed by atoms with van der Waals surface area (Å²) in [5.74, 6) is 0.519. The van der Waals surface area contributed by atoms with Crippen molar-refractivity contribution in [3.63, 3.8) is 0 Å². The average molecular weight is 200 g/mol. The Morgan fingerprint density at radius 1 is 1.54 bits per heavy atom. The standard InChI is InChI=1S/C7H10ClN5/c1-13(2)5-10-12-7-4-9-3-6(8)11-7/h3-5H,1-2H3,(H,11,12). The van der Waals surface area contributed by atoms with Crippen molar-refractivity contribution >= 4 is 23.8 Å². The molecule has 0 radical (unpaired) electrons. The lowest BCUT2D eigenvalue weighted by Gasteiger charge is -2.02. The van der Waals surface area contributed by atoms with E-state index in [4.69, 9.17) is 11.6 Å². The Hall–Kier alpha value is -1.36. The molecule has 70 valence electrons. The molecule has 0 spiro atoms. The molecule has 0 saturated carbocycles. The van der Waals surface area contributed by atoms with E-state index in [2.05, 4.69) is 20.5 Å². The Morgan fingerprint density at radius 3 is 2.92 bits per heavy atom. The third kappa shape index (κ3) is 3.71. The van der Waals surface area contributed by atoms with Gasteiger partial charge in [-0.25, -0.2) is 4.98 Å². The number of nitrogens with one attached hydrogen (secondary N) is 1. The highest BCUT2D eigenvalue weighted by molar-refractivity contribution is 6.29. The molecule has 1 N–H and O–H groups in total. The summed E-state index contributed by atoms with van der Waals surface area (Å²) in [6.07, 6.45) is 4.61. The first-order valence-corrected chi connectivity index (χ1v) is 3.99. The van der Waals surface area contributed by atoms with E-state index in [-0.39, 0.29) is 0 Å². The molecule has 0 aliphatic rings. The number of rotatable bonds is 3. The van der Waals surface area contributed by atoms with E-state index in [1.807, 2.05) is 14.1 Å². The molecule has 0 bridgehead atoms. The zero-order valence-electron chi connectivity index (χ0n) is 7.40. The van der Waals surface area contributed by atoms with E-state index in [9.17, 15) is 0 Å². The van der Waals surface area contributed by atoms with Crippen LogP contribution in [0.4, 0.5) is 5.82 Å². The van der Waals surface area contributed by atoms with Crippen LogP contribution in [0.25, 0.3) is 0 Å². The Balaban J connectivity index is 2.55. The summed E-state index contributed by atoms with van der Waals surface area (Å²) in [5.41, 5.74) is 2.69. The molecule has 1 aromatic rings. The maximum Gasteiger partial charge on any atom is 0.166 e. The third-order valence-electron chi connectivity index (χ3n) is 1.07. The summed E-state index contributed by atoms with van der Waals surface area (Å²) >= 11 is 5.61. The fourth-order valence-electron chi connectivity index (χ4n) is 0.607. The predicted molar refractivity (Wildman–Crippen MR) is 52.8 cm³/mol. The molecule has 1 rings (SSSR count). The molecule has 1 aromatic heterocycles. The molecule has 0 aliphatic heterocycles. The van der Waals surface area contributed by atoms with Crippen LogP contribution >= 0.6 is 11.6 Å². The van der Waals surface area contributed by atoms with Crippen molar-refractivity contribution in [2.24, 2.45) is 5.10 Å². The maximum absolute atomic E-state index is 5.61. The van der Waals surface area contributed by atoms with Gasteiger partial charge < -0.3 is 4.90 Å². The van der Waals surface area contributed by atoms with E-state index in [1.165, 1.54) is 6.20 Å². The molecule has 0 unspecified atom stereocenters. The van der Waals surface area contributed by atoms with Gasteiger partial charge in [-0.2, -0.15) is 5.10 Å². The second-order valence-corrected chi connectivity index (χ2v) is 2.93. The zero-order chi connectivity index (χ0) is 9.68. The lowest BCUT2D eigenvalue weighted by atomic mass is 10.7. The molecule has 1 heterocycles. The number of halogens is 1. The van der Waals surface area contributed by atoms with Crippen LogP contribution in [0.1, 0.15) is 0 Å². The molecule has 0 amide bonds. The minimum Gasteiger partial charge on any atom is -0.367 e. The van der Waals surface area contributed by atoms with Gasteiger partial charge in [0.1, 0.15) is 11.5 Å². The molecule has 13 heavy (non-hydrogen) atoms. The third-order valence-corrected chi connectivity index (χ3v) is 1.26. The van der Waals surface area contributed by atoms with Crippen LogP contribution in [0.3, 0.4) is 0 Å². The van der Waals surface area contributed by atoms with Gasteiger partial charge in [-0.15, -0.1) is 0 Å². The molecule has 0 aliphatic carbocycles. The second kappa shape index (κ2) is 4.61. The normalized spacial score (nSPS) is 10.4. The number of aromatic nitrogens is 2. The van der Waals surface area contributed by atoms with Gasteiger partial charge in [-0.05, 0) is 0 Å². The van der Waals surface area contributed by atoms with Gasteiger partial charge in [0.15, 0.2) is 5.82 Å². The molecule has 0 saturated heterocycles. The minimum absolute atomic E-state index is 0.338. The highest BCUT2D eigenvalue weighted by atomic mass is 35.5. The van der Waals surface area contributed by atoms with Crippen LogP contribution < -0.4 is 5.43 Å². The van der Waals surface area contributed by atoms with Crippen molar-refractivity contribution in [1.29, 1.82) is 0 Å². The number of nitrogens with zero attached hydrogens (tertiary/aromatic N) is 4. The van der Waals surface area contributed by atoms with Gasteiger partial charge in [0.2, 0.25) is 0 Å². The Labute approximate surface area is 81.4 Å². The number of hydrogen-bond donors (Lipinski definition) is 1. The first kappa shape index (κ1) is 9.73. The zero-order valence-corrected chi connectivity index (χ0v) is 8.15. The highest BCUT2D eigenvalue weighted by Crippen LogP contribution is 2.05. The Bertz CT molecular complexity index is 299. The van der Waals surface area contributed by atoms with Crippen molar-refractivity contribution in [2.75, 3.05) is 19.5 Å². The van der Waals surface area contributed by atoms with Crippen LogP contribution in [-0.2, 0) is 0 Å². The van der Waals surface area contributed by atoms with Gasteiger partial charge in [0.05, 0.1) is 12.4 Å². The smallest absolute Gasteiger partial charge is 0.166 e. The molecule has 0 atom stereocenters. The van der Waals surface area contributed by atoms with E-state index in [0.29, 0.717) is 11.0 Å². The lowest BCUT2D eigenvalue weighted by molar-refractivity contribution is 0.641. The summed E-state index contributed by atoms with van der Waals surface area (Å²) in [6, 6.07) is 0. The number of anilines is 1. The van der Waals surface area contributed by atoms with E-state index in [1.54, 1.807) is 17.4 Å². The second-order valence-electron chi connectivity index (χ2n) is 2.55. The summed E-state index contributed by atoms with van der Waals surface area (Å²) in [7, 11) is 3.74. The van der Waals surface area contributed by atoms with Gasteiger partial charge in [-0.1, -0.05) is 11.6 Å². The summed E-state index contributed by atoms with van der Waals surface area (Å²) in [5, 5.41) is 4.21. The maximum atomic E-state index is 5.61. The lowest BCUT2D eigenvalue weighted by Crippen LogP contribution is -2.09. The van der Waals surface area contributed by atoms with Crippen molar-refractivity contribution in [3.8, 4) is 0 Å². The number of hydrogen-bond acceptors (Lipinski definition) is 4. The largest absolute Gasteiger partial charge is 0.367 e. The van der Waals surface area contributed by atoms with Crippen molar-refractivity contribution < 1.29 is 0 Å². The Kier molecular flexibility index (Phi) is 3.45. The summed E-state index contributed by atoms with van der Waals surface area (Å²) < 4.78 is 0. The van der Waals surface area contributed by atoms with Crippen molar-refractivity contribution in [2.45, 2.75) is 0 Å². The predicted octanol–water partition coefficient (Wildman–Crippen LogP) is 1.05. The van der Waals surface area contributed by atoms with E-state index in [0.717, 1.165) is 0 Å². The van der Waals surface area contributed by atoms with Crippen LogP contribution in [0.5, 0.6) is 0 Å². The topological polar surface area (TPSA) is 53.4 Å². The van der Waals surface area contributed by atoms with E-state index >= 15 is 0 Å². The van der Waals surface area contributed by atoms with Gasteiger partial charge in [0.25, 0.3) is 0 Å². The van der Waals surface area contributed by atoms with Gasteiger partial charge in [0, 0.05) is 14.1 Å². The van der Waals surface area contributed by atoms with E-state index < -0.39 is 0 Å². The van der Waals surface area contributed by atoms with Gasteiger partial charge >= 0.3 is 0 Å². The molecule has 5 nitrogen and oxygen atoms in total. The average Bonchev–Trinajstić information content (AvgIpc) is 2.03. The molecule has 0 fully saturated rings. The SMILES string of the molecule is CN(C)C=NNc1cncc(Cl)n1. The van der Waals surface area contributed by atoms with Crippen molar-refractivity contribution in [1.82, 2.24) is 14.9 Å². The van der Waals surface area contributed by atoms with Gasteiger partial charge in [-0.3, -0.25) is 10.4 Å². The van der Waals surface area contributed by atoms with Crippen LogP contribution in [0.15, 0.2) is 17.5 Å². The fraction of sp³-hybridized carbons (Fsp3) is 0.286. The highest BCUT2D eigenvalue weighted by Gasteiger charge is 1.92. The van der Waals surface area contributed by atoms with Crippen LogP contribution in [0.2, 0.25) is 5.15 Å².